The molecule has 2 saturated heterocycles. The summed E-state index contributed by atoms with van der Waals surface area (Å²) in [6.45, 7) is 5.23. The number of aldehydes is 1. The van der Waals surface area contributed by atoms with E-state index in [0.29, 0.717) is 25.3 Å². The first-order chi connectivity index (χ1) is 17.1. The summed E-state index contributed by atoms with van der Waals surface area (Å²) in [7, 11) is 0. The number of carbonyl (C=O) groups excluding carboxylic acids is 3. The predicted octanol–water partition coefficient (Wildman–Crippen LogP) is 4.33. The van der Waals surface area contributed by atoms with Crippen LogP contribution in [0.2, 0.25) is 0 Å². The number of hydrogen-bond donors (Lipinski definition) is 1. The van der Waals surface area contributed by atoms with Crippen LogP contribution in [0.3, 0.4) is 0 Å². The Kier molecular flexibility index (Phi) is 8.77. The van der Waals surface area contributed by atoms with Crippen LogP contribution in [0.4, 0.5) is 0 Å². The molecule has 3 aliphatic rings. The highest BCUT2D eigenvalue weighted by molar-refractivity contribution is 6.00. The topological polar surface area (TPSA) is 69.7 Å². The number of nitrogens with zero attached hydrogens (tertiary/aromatic N) is 2. The van der Waals surface area contributed by atoms with Gasteiger partial charge in [0.2, 0.25) is 11.8 Å². The fraction of sp³-hybridized carbons (Fsp3) is 0.621. The lowest BCUT2D eigenvalue weighted by Gasteiger charge is -2.52. The Bertz CT molecular complexity index is 896. The molecule has 0 aromatic heterocycles. The zero-order chi connectivity index (χ0) is 24.7. The largest absolute Gasteiger partial charge is 0.342 e. The van der Waals surface area contributed by atoms with Gasteiger partial charge in [-0.05, 0) is 48.8 Å². The molecule has 4 rings (SSSR count). The number of unbranched alkanes of at least 4 members (excludes halogenated alkanes) is 1. The lowest BCUT2D eigenvalue weighted by molar-refractivity contribution is -0.162. The number of hydrogen-bond acceptors (Lipinski definition) is 4. The molecule has 1 aliphatic carbocycles. The van der Waals surface area contributed by atoms with E-state index < -0.39 is 5.54 Å². The molecule has 1 N–H and O–H groups in total. The van der Waals surface area contributed by atoms with E-state index in [1.54, 1.807) is 6.08 Å². The van der Waals surface area contributed by atoms with Gasteiger partial charge in [0.1, 0.15) is 17.9 Å². The van der Waals surface area contributed by atoms with Crippen LogP contribution >= 0.6 is 0 Å². The molecule has 3 fully saturated rings. The van der Waals surface area contributed by atoms with Crippen molar-refractivity contribution in [1.82, 2.24) is 15.1 Å². The Morgan fingerprint density at radius 3 is 2.43 bits per heavy atom. The molecule has 0 bridgehead atoms. The maximum atomic E-state index is 13.7. The minimum atomic E-state index is -0.699. The van der Waals surface area contributed by atoms with E-state index in [2.05, 4.69) is 29.3 Å². The second kappa shape index (κ2) is 12.0. The van der Waals surface area contributed by atoms with Crippen molar-refractivity contribution in [3.8, 4) is 0 Å². The average molecular weight is 480 g/mol. The van der Waals surface area contributed by atoms with Crippen molar-refractivity contribution in [1.29, 1.82) is 0 Å². The number of allylic oxidation sites excluding steroid dienone is 1. The number of carbonyl (C=O) groups is 3. The molecule has 1 aromatic rings. The van der Waals surface area contributed by atoms with Crippen LogP contribution in [0.25, 0.3) is 6.08 Å². The standard InChI is InChI=1S/C29H41N3O3/c1-2-3-17-32-27(34)26(21-24-8-5-4-6-9-24)30-28(35)29(32)15-18-31(19-16-29)22-25-13-11-23(12-14-25)10-7-20-33/h7,10-14,20,24,26H,2-6,8-9,15-19,21-22H2,1H3,(H,30,35)/b10-7+/t26-/m0/s1. The summed E-state index contributed by atoms with van der Waals surface area (Å²) in [4.78, 5) is 42.1. The van der Waals surface area contributed by atoms with Crippen LogP contribution in [0.5, 0.6) is 0 Å². The molecule has 1 aromatic carbocycles. The summed E-state index contributed by atoms with van der Waals surface area (Å²) in [6, 6.07) is 7.88. The van der Waals surface area contributed by atoms with Crippen molar-refractivity contribution in [3.05, 3.63) is 41.5 Å². The number of nitrogens with one attached hydrogen (secondary N) is 1. The fourth-order valence-corrected chi connectivity index (χ4v) is 6.15. The number of piperazine rings is 1. The van der Waals surface area contributed by atoms with E-state index in [9.17, 15) is 14.4 Å². The molecule has 1 spiro atoms. The second-order valence-corrected chi connectivity index (χ2v) is 10.7. The van der Waals surface area contributed by atoms with Crippen molar-refractivity contribution in [2.45, 2.75) is 89.3 Å². The molecule has 0 unspecified atom stereocenters. The van der Waals surface area contributed by atoms with E-state index >= 15 is 0 Å². The van der Waals surface area contributed by atoms with Gasteiger partial charge in [-0.2, -0.15) is 0 Å². The summed E-state index contributed by atoms with van der Waals surface area (Å²) in [6.07, 6.45) is 14.4. The third-order valence-electron chi connectivity index (χ3n) is 8.27. The lowest BCUT2D eigenvalue weighted by Crippen LogP contribution is -2.73. The van der Waals surface area contributed by atoms with Gasteiger partial charge in [0.25, 0.3) is 0 Å². The normalized spacial score (nSPS) is 23.7. The molecule has 6 nitrogen and oxygen atoms in total. The van der Waals surface area contributed by atoms with Crippen LogP contribution in [0, 0.1) is 5.92 Å². The Morgan fingerprint density at radius 2 is 1.77 bits per heavy atom. The highest BCUT2D eigenvalue weighted by Crippen LogP contribution is 2.36. The Morgan fingerprint density at radius 1 is 1.06 bits per heavy atom. The summed E-state index contributed by atoms with van der Waals surface area (Å²) < 4.78 is 0. The summed E-state index contributed by atoms with van der Waals surface area (Å²) in [5, 5.41) is 3.19. The lowest BCUT2D eigenvalue weighted by atomic mass is 9.79. The quantitative estimate of drug-likeness (QED) is 0.423. The molecule has 0 radical (unpaired) electrons. The van der Waals surface area contributed by atoms with E-state index in [-0.39, 0.29) is 17.9 Å². The highest BCUT2D eigenvalue weighted by Gasteiger charge is 2.53. The molecule has 1 atom stereocenters. The molecule has 1 saturated carbocycles. The van der Waals surface area contributed by atoms with Crippen LogP contribution < -0.4 is 5.32 Å². The number of benzene rings is 1. The monoisotopic (exact) mass is 479 g/mol. The Hall–Kier alpha value is -2.47. The minimum Gasteiger partial charge on any atom is -0.342 e. The van der Waals surface area contributed by atoms with Crippen LogP contribution in [-0.4, -0.2) is 59.1 Å². The van der Waals surface area contributed by atoms with Crippen molar-refractivity contribution >= 4 is 24.2 Å². The maximum Gasteiger partial charge on any atom is 0.246 e. The number of likely N-dealkylation sites (tertiary alicyclic amines) is 1. The molecule has 2 aliphatic heterocycles. The Balaban J connectivity index is 1.40. The van der Waals surface area contributed by atoms with E-state index in [1.807, 2.05) is 17.0 Å². The first-order valence-electron chi connectivity index (χ1n) is 13.6. The number of piperidine rings is 1. The van der Waals surface area contributed by atoms with Gasteiger partial charge in [-0.25, -0.2) is 0 Å². The zero-order valence-electron chi connectivity index (χ0n) is 21.2. The van der Waals surface area contributed by atoms with Gasteiger partial charge in [0.05, 0.1) is 0 Å². The van der Waals surface area contributed by atoms with Crippen molar-refractivity contribution in [2.24, 2.45) is 5.92 Å². The van der Waals surface area contributed by atoms with Crippen LogP contribution in [-0.2, 0) is 20.9 Å². The van der Waals surface area contributed by atoms with Crippen LogP contribution in [0.15, 0.2) is 30.3 Å². The molecule has 2 amide bonds. The summed E-state index contributed by atoms with van der Waals surface area (Å²) in [5.41, 5.74) is 1.52. The molecule has 2 heterocycles. The predicted molar refractivity (Wildman–Crippen MR) is 139 cm³/mol. The van der Waals surface area contributed by atoms with Gasteiger partial charge < -0.3 is 10.2 Å². The third-order valence-corrected chi connectivity index (χ3v) is 8.27. The fourth-order valence-electron chi connectivity index (χ4n) is 6.15. The van der Waals surface area contributed by atoms with Gasteiger partial charge >= 0.3 is 0 Å². The second-order valence-electron chi connectivity index (χ2n) is 10.7. The Labute approximate surface area is 210 Å². The third kappa shape index (κ3) is 6.03. The maximum absolute atomic E-state index is 13.7. The zero-order valence-corrected chi connectivity index (χ0v) is 21.2. The van der Waals surface area contributed by atoms with E-state index in [4.69, 9.17) is 0 Å². The van der Waals surface area contributed by atoms with Gasteiger partial charge in [0.15, 0.2) is 0 Å². The van der Waals surface area contributed by atoms with Gasteiger partial charge in [-0.3, -0.25) is 19.3 Å². The highest BCUT2D eigenvalue weighted by atomic mass is 16.2. The average Bonchev–Trinajstić information content (AvgIpc) is 2.89. The minimum absolute atomic E-state index is 0.0694. The van der Waals surface area contributed by atoms with Gasteiger partial charge in [-0.1, -0.05) is 75.8 Å². The van der Waals surface area contributed by atoms with E-state index in [1.165, 1.54) is 43.7 Å². The first-order valence-corrected chi connectivity index (χ1v) is 13.6. The number of rotatable bonds is 9. The summed E-state index contributed by atoms with van der Waals surface area (Å²) in [5.74, 6) is 0.776. The van der Waals surface area contributed by atoms with Crippen molar-refractivity contribution in [2.75, 3.05) is 19.6 Å². The van der Waals surface area contributed by atoms with Crippen molar-refractivity contribution < 1.29 is 14.4 Å². The van der Waals surface area contributed by atoms with Gasteiger partial charge in [0, 0.05) is 26.2 Å². The SMILES string of the molecule is CCCCN1C(=O)[C@H](CC2CCCCC2)NC(=O)C12CCN(Cc1ccc(/C=C/C=O)cc1)CC2. The number of amides is 2. The first kappa shape index (κ1) is 25.6. The van der Waals surface area contributed by atoms with Crippen molar-refractivity contribution in [3.63, 3.8) is 0 Å². The smallest absolute Gasteiger partial charge is 0.246 e. The molecular weight excluding hydrogens is 438 g/mol. The van der Waals surface area contributed by atoms with E-state index in [0.717, 1.165) is 50.7 Å². The molecule has 6 heteroatoms. The van der Waals surface area contributed by atoms with Gasteiger partial charge in [-0.15, -0.1) is 0 Å². The molecule has 190 valence electrons. The molecule has 35 heavy (non-hydrogen) atoms. The summed E-state index contributed by atoms with van der Waals surface area (Å²) >= 11 is 0. The van der Waals surface area contributed by atoms with Crippen LogP contribution in [0.1, 0.15) is 82.3 Å². The molecular formula is C29H41N3O3.